The van der Waals surface area contributed by atoms with Crippen LogP contribution < -0.4 is 5.32 Å². The van der Waals surface area contributed by atoms with Crippen LogP contribution in [0.25, 0.3) is 0 Å². The van der Waals surface area contributed by atoms with Gasteiger partial charge in [0.1, 0.15) is 11.4 Å². The number of amides is 1. The Bertz CT molecular complexity index is 506. The second-order valence-corrected chi connectivity index (χ2v) is 8.06. The minimum Gasteiger partial charge on any atom is -0.452 e. The van der Waals surface area contributed by atoms with Gasteiger partial charge in [-0.25, -0.2) is 4.79 Å². The molecule has 2 rings (SSSR count). The first-order chi connectivity index (χ1) is 10.2. The van der Waals surface area contributed by atoms with Crippen molar-refractivity contribution in [2.24, 2.45) is 0 Å². The molecule has 7 heteroatoms. The molecule has 0 radical (unpaired) electrons. The van der Waals surface area contributed by atoms with Crippen molar-refractivity contribution in [3.05, 3.63) is 21.0 Å². The van der Waals surface area contributed by atoms with Gasteiger partial charge in [0.2, 0.25) is 0 Å². The smallest absolute Gasteiger partial charge is 0.410 e. The number of carbonyl (C=O) groups excluding carboxylic acids is 1. The second kappa shape index (κ2) is 7.36. The predicted octanol–water partition coefficient (Wildman–Crippen LogP) is 4.29. The largest absolute Gasteiger partial charge is 0.452 e. The van der Waals surface area contributed by atoms with Gasteiger partial charge in [0.15, 0.2) is 4.67 Å². The van der Waals surface area contributed by atoms with Crippen molar-refractivity contribution in [2.45, 2.75) is 51.8 Å². The fourth-order valence-corrected chi connectivity index (χ4v) is 3.02. The lowest BCUT2D eigenvalue weighted by molar-refractivity contribution is 0.0186. The van der Waals surface area contributed by atoms with Gasteiger partial charge in [0.05, 0.1) is 11.0 Å². The number of ether oxygens (including phenoxy) is 1. The molecule has 1 unspecified atom stereocenters. The van der Waals surface area contributed by atoms with Crippen molar-refractivity contribution in [1.29, 1.82) is 0 Å². The molecule has 1 aliphatic rings. The van der Waals surface area contributed by atoms with E-state index in [1.54, 1.807) is 4.90 Å². The Kier molecular flexibility index (Phi) is 5.96. The minimum absolute atomic E-state index is 0.234. The molecule has 0 bridgehead atoms. The van der Waals surface area contributed by atoms with E-state index in [0.717, 1.165) is 29.6 Å². The maximum absolute atomic E-state index is 12.1. The Morgan fingerprint density at radius 2 is 2.23 bits per heavy atom. The van der Waals surface area contributed by atoms with Crippen LogP contribution in [-0.2, 0) is 11.3 Å². The van der Waals surface area contributed by atoms with E-state index in [1.807, 2.05) is 26.8 Å². The number of likely N-dealkylation sites (tertiary alicyclic amines) is 1. The van der Waals surface area contributed by atoms with Crippen LogP contribution in [0.3, 0.4) is 0 Å². The Morgan fingerprint density at radius 3 is 2.82 bits per heavy atom. The van der Waals surface area contributed by atoms with Gasteiger partial charge < -0.3 is 19.4 Å². The van der Waals surface area contributed by atoms with Crippen molar-refractivity contribution >= 4 is 38.0 Å². The molecule has 1 N–H and O–H groups in total. The number of nitrogens with one attached hydrogen (secondary N) is 1. The Morgan fingerprint density at radius 1 is 1.50 bits per heavy atom. The minimum atomic E-state index is -0.454. The molecule has 1 amide bonds. The maximum Gasteiger partial charge on any atom is 0.410 e. The third kappa shape index (κ3) is 5.28. The summed E-state index contributed by atoms with van der Waals surface area (Å²) < 4.78 is 12.6. The number of hydrogen-bond acceptors (Lipinski definition) is 4. The zero-order chi connectivity index (χ0) is 16.3. The first-order valence-electron chi connectivity index (χ1n) is 7.39. The van der Waals surface area contributed by atoms with E-state index in [0.29, 0.717) is 17.8 Å². The van der Waals surface area contributed by atoms with Gasteiger partial charge >= 0.3 is 6.09 Å². The normalized spacial score (nSPS) is 19.3. The fraction of sp³-hybridized carbons (Fsp3) is 0.667. The highest BCUT2D eigenvalue weighted by Crippen LogP contribution is 2.26. The van der Waals surface area contributed by atoms with Crippen molar-refractivity contribution in [1.82, 2.24) is 10.2 Å². The number of carbonyl (C=O) groups is 1. The summed E-state index contributed by atoms with van der Waals surface area (Å²) in [5, 5.41) is 3.44. The molecule has 0 spiro atoms. The van der Waals surface area contributed by atoms with Crippen LogP contribution in [0.15, 0.2) is 19.6 Å². The summed E-state index contributed by atoms with van der Waals surface area (Å²) in [4.78, 5) is 13.9. The summed E-state index contributed by atoms with van der Waals surface area (Å²) in [7, 11) is 0. The summed E-state index contributed by atoms with van der Waals surface area (Å²) in [5.41, 5.74) is -0.454. The van der Waals surface area contributed by atoms with E-state index in [1.165, 1.54) is 0 Å². The standard InChI is InChI=1S/C15H22Br2N2O3/c1-15(2,3)22-14(20)19-6-4-5-10(9-19)18-8-11-7-12(16)13(17)21-11/h7,10,18H,4-6,8-9H2,1-3H3. The summed E-state index contributed by atoms with van der Waals surface area (Å²) >= 11 is 6.73. The molecule has 1 fully saturated rings. The molecule has 5 nitrogen and oxygen atoms in total. The third-order valence-corrected chi connectivity index (χ3v) is 5.04. The number of nitrogens with zero attached hydrogens (tertiary/aromatic N) is 1. The SMILES string of the molecule is CC(C)(C)OC(=O)N1CCCC(NCc2cc(Br)c(Br)o2)C1. The summed E-state index contributed by atoms with van der Waals surface area (Å²) in [6, 6.07) is 2.19. The Balaban J connectivity index is 1.84. The van der Waals surface area contributed by atoms with E-state index < -0.39 is 5.60 Å². The molecule has 1 aliphatic heterocycles. The summed E-state index contributed by atoms with van der Waals surface area (Å²) in [6.45, 7) is 7.71. The van der Waals surface area contributed by atoms with Crippen molar-refractivity contribution < 1.29 is 13.9 Å². The molecule has 124 valence electrons. The van der Waals surface area contributed by atoms with Crippen LogP contribution in [0.2, 0.25) is 0 Å². The number of hydrogen-bond donors (Lipinski definition) is 1. The van der Waals surface area contributed by atoms with E-state index in [9.17, 15) is 4.79 Å². The van der Waals surface area contributed by atoms with Crippen LogP contribution in [0.5, 0.6) is 0 Å². The second-order valence-electron chi connectivity index (χ2n) is 6.48. The summed E-state index contributed by atoms with van der Waals surface area (Å²) in [5.74, 6) is 0.855. The van der Waals surface area contributed by atoms with Gasteiger partial charge in [-0.05, 0) is 71.5 Å². The zero-order valence-electron chi connectivity index (χ0n) is 13.1. The van der Waals surface area contributed by atoms with Crippen molar-refractivity contribution in [2.75, 3.05) is 13.1 Å². The van der Waals surface area contributed by atoms with Crippen LogP contribution in [0.4, 0.5) is 4.79 Å². The number of piperidine rings is 1. The summed E-state index contributed by atoms with van der Waals surface area (Å²) in [6.07, 6.45) is 1.78. The van der Waals surface area contributed by atoms with Crippen LogP contribution in [0, 0.1) is 0 Å². The molecule has 0 aliphatic carbocycles. The first kappa shape index (κ1) is 17.8. The molecule has 0 saturated carbocycles. The van der Waals surface area contributed by atoms with Crippen molar-refractivity contribution in [3.63, 3.8) is 0 Å². The third-order valence-electron chi connectivity index (χ3n) is 3.33. The van der Waals surface area contributed by atoms with E-state index in [4.69, 9.17) is 9.15 Å². The van der Waals surface area contributed by atoms with Crippen LogP contribution in [0.1, 0.15) is 39.4 Å². The van der Waals surface area contributed by atoms with Gasteiger partial charge in [-0.2, -0.15) is 0 Å². The van der Waals surface area contributed by atoms with Gasteiger partial charge in [0, 0.05) is 19.1 Å². The Labute approximate surface area is 148 Å². The molecule has 0 aromatic carbocycles. The van der Waals surface area contributed by atoms with E-state index in [2.05, 4.69) is 37.2 Å². The highest BCUT2D eigenvalue weighted by Gasteiger charge is 2.27. The quantitative estimate of drug-likeness (QED) is 0.765. The monoisotopic (exact) mass is 436 g/mol. The highest BCUT2D eigenvalue weighted by atomic mass is 79.9. The lowest BCUT2D eigenvalue weighted by Gasteiger charge is -2.34. The highest BCUT2D eigenvalue weighted by molar-refractivity contribution is 9.13. The van der Waals surface area contributed by atoms with Gasteiger partial charge in [-0.15, -0.1) is 0 Å². The van der Waals surface area contributed by atoms with E-state index >= 15 is 0 Å². The lowest BCUT2D eigenvalue weighted by atomic mass is 10.1. The molecule has 2 heterocycles. The average molecular weight is 438 g/mol. The maximum atomic E-state index is 12.1. The number of furan rings is 1. The van der Waals surface area contributed by atoms with Gasteiger partial charge in [-0.3, -0.25) is 0 Å². The molecule has 1 aromatic heterocycles. The number of rotatable bonds is 3. The van der Waals surface area contributed by atoms with Gasteiger partial charge in [-0.1, -0.05) is 0 Å². The average Bonchev–Trinajstić information content (AvgIpc) is 2.74. The van der Waals surface area contributed by atoms with Crippen LogP contribution in [-0.4, -0.2) is 35.7 Å². The topological polar surface area (TPSA) is 54.7 Å². The van der Waals surface area contributed by atoms with Crippen molar-refractivity contribution in [3.8, 4) is 0 Å². The van der Waals surface area contributed by atoms with Gasteiger partial charge in [0.25, 0.3) is 0 Å². The molecule has 1 aromatic rings. The molecular formula is C15H22Br2N2O3. The molecular weight excluding hydrogens is 416 g/mol. The fourth-order valence-electron chi connectivity index (χ4n) is 2.36. The zero-order valence-corrected chi connectivity index (χ0v) is 16.3. The predicted molar refractivity (Wildman–Crippen MR) is 91.8 cm³/mol. The van der Waals surface area contributed by atoms with E-state index in [-0.39, 0.29) is 12.1 Å². The number of halogens is 2. The van der Waals surface area contributed by atoms with Crippen LogP contribution >= 0.6 is 31.9 Å². The molecule has 1 saturated heterocycles. The molecule has 22 heavy (non-hydrogen) atoms. The Hall–Kier alpha value is -0.530. The lowest BCUT2D eigenvalue weighted by Crippen LogP contribution is -2.49. The molecule has 1 atom stereocenters. The first-order valence-corrected chi connectivity index (χ1v) is 8.98.